The Morgan fingerprint density at radius 1 is 1.23 bits per heavy atom. The summed E-state index contributed by atoms with van der Waals surface area (Å²) in [5.41, 5.74) is 7.04. The van der Waals surface area contributed by atoms with Crippen molar-refractivity contribution in [2.45, 2.75) is 31.8 Å². The van der Waals surface area contributed by atoms with Crippen LogP contribution < -0.4 is 16.4 Å². The first-order chi connectivity index (χ1) is 16.7. The molecule has 3 rings (SSSR count). The molecular formula is C22H26N6O7. The third kappa shape index (κ3) is 6.79. The molecule has 0 radical (unpaired) electrons. The predicted octanol–water partition coefficient (Wildman–Crippen LogP) is 0.0550. The third-order valence-corrected chi connectivity index (χ3v) is 5.55. The quantitative estimate of drug-likeness (QED) is 0.234. The van der Waals surface area contributed by atoms with Gasteiger partial charge in [-0.15, -0.1) is 0 Å². The van der Waals surface area contributed by atoms with Gasteiger partial charge in [0.1, 0.15) is 11.9 Å². The van der Waals surface area contributed by atoms with Crippen LogP contribution in [0.15, 0.2) is 24.3 Å². The van der Waals surface area contributed by atoms with Gasteiger partial charge in [0.05, 0.1) is 5.56 Å². The van der Waals surface area contributed by atoms with Crippen LogP contribution in [-0.4, -0.2) is 73.6 Å². The molecule has 0 aliphatic carbocycles. The first-order valence-corrected chi connectivity index (χ1v) is 10.8. The average Bonchev–Trinajstić information content (AvgIpc) is 2.81. The Morgan fingerprint density at radius 3 is 2.57 bits per heavy atom. The van der Waals surface area contributed by atoms with Gasteiger partial charge in [-0.25, -0.2) is 4.79 Å². The Labute approximate surface area is 200 Å². The summed E-state index contributed by atoms with van der Waals surface area (Å²) in [6.45, 7) is 1.19. The number of nitrogens with two attached hydrogens (primary N) is 1. The molecule has 0 saturated carbocycles. The van der Waals surface area contributed by atoms with E-state index >= 15 is 0 Å². The fraction of sp³-hybridized carbons (Fsp3) is 0.364. The van der Waals surface area contributed by atoms with E-state index in [9.17, 15) is 29.4 Å². The molecule has 13 nitrogen and oxygen atoms in total. The van der Waals surface area contributed by atoms with Gasteiger partial charge in [0.2, 0.25) is 18.2 Å². The van der Waals surface area contributed by atoms with Gasteiger partial charge >= 0.3 is 11.9 Å². The normalized spacial score (nSPS) is 15.3. The van der Waals surface area contributed by atoms with Crippen molar-refractivity contribution in [1.82, 2.24) is 20.2 Å². The number of amides is 2. The molecule has 1 aromatic heterocycles. The van der Waals surface area contributed by atoms with E-state index in [1.807, 2.05) is 0 Å². The summed E-state index contributed by atoms with van der Waals surface area (Å²) in [5, 5.41) is 33.4. The van der Waals surface area contributed by atoms with Crippen LogP contribution in [0.4, 0.5) is 11.8 Å². The molecule has 2 heterocycles. The van der Waals surface area contributed by atoms with Crippen LogP contribution in [-0.2, 0) is 27.3 Å². The van der Waals surface area contributed by atoms with Crippen molar-refractivity contribution < 1.29 is 34.5 Å². The van der Waals surface area contributed by atoms with Crippen LogP contribution in [0.1, 0.15) is 34.3 Å². The van der Waals surface area contributed by atoms with Gasteiger partial charge < -0.3 is 36.6 Å². The van der Waals surface area contributed by atoms with Crippen molar-refractivity contribution in [3.63, 3.8) is 0 Å². The second-order valence-corrected chi connectivity index (χ2v) is 8.21. The number of hydrogen-bond donors (Lipinski definition) is 6. The van der Waals surface area contributed by atoms with E-state index in [0.29, 0.717) is 30.9 Å². The molecular weight excluding hydrogens is 460 g/mol. The number of carbonyl (C=O) groups is 4. The summed E-state index contributed by atoms with van der Waals surface area (Å²) >= 11 is 0. The maximum atomic E-state index is 12.4. The summed E-state index contributed by atoms with van der Waals surface area (Å²) in [6.07, 6.45) is 0.557. The molecule has 2 amide bonds. The van der Waals surface area contributed by atoms with E-state index in [1.54, 1.807) is 17.0 Å². The van der Waals surface area contributed by atoms with E-state index in [0.717, 1.165) is 12.0 Å². The first kappa shape index (κ1) is 25.2. The van der Waals surface area contributed by atoms with Gasteiger partial charge in [0.15, 0.2) is 0 Å². The zero-order valence-corrected chi connectivity index (χ0v) is 18.7. The molecule has 0 fully saturated rings. The monoisotopic (exact) mass is 486 g/mol. The van der Waals surface area contributed by atoms with E-state index in [1.165, 1.54) is 12.1 Å². The largest absolute Gasteiger partial charge is 0.493 e. The number of nitrogen functional groups attached to an aromatic ring is 1. The Morgan fingerprint density at radius 2 is 1.94 bits per heavy atom. The fourth-order valence-electron chi connectivity index (χ4n) is 3.79. The highest BCUT2D eigenvalue weighted by Gasteiger charge is 2.25. The number of rotatable bonds is 11. The Hall–Kier alpha value is -4.42. The van der Waals surface area contributed by atoms with Crippen LogP contribution >= 0.6 is 0 Å². The molecule has 0 spiro atoms. The molecule has 7 N–H and O–H groups in total. The van der Waals surface area contributed by atoms with Crippen LogP contribution in [0.2, 0.25) is 0 Å². The van der Waals surface area contributed by atoms with Gasteiger partial charge in [0, 0.05) is 31.6 Å². The van der Waals surface area contributed by atoms with Crippen molar-refractivity contribution in [1.29, 1.82) is 0 Å². The average molecular weight is 486 g/mol. The van der Waals surface area contributed by atoms with Gasteiger partial charge in [-0.1, -0.05) is 12.1 Å². The molecule has 1 aliphatic rings. The number of aromatic nitrogens is 2. The van der Waals surface area contributed by atoms with E-state index in [-0.39, 0.29) is 42.7 Å². The highest BCUT2D eigenvalue weighted by atomic mass is 16.4. The van der Waals surface area contributed by atoms with Crippen molar-refractivity contribution in [3.05, 3.63) is 41.0 Å². The van der Waals surface area contributed by atoms with Crippen LogP contribution in [0.5, 0.6) is 5.88 Å². The minimum absolute atomic E-state index is 0.00497. The van der Waals surface area contributed by atoms with Crippen molar-refractivity contribution in [2.24, 2.45) is 5.92 Å². The number of benzene rings is 1. The Bertz CT molecular complexity index is 1110. The molecule has 186 valence electrons. The molecule has 1 aliphatic heterocycles. The smallest absolute Gasteiger partial charge is 0.326 e. The number of nitrogens with one attached hydrogen (secondary N) is 2. The molecule has 0 bridgehead atoms. The number of carbonyl (C=O) groups excluding carboxylic acids is 2. The number of nitrogens with zero attached hydrogens (tertiary/aromatic N) is 3. The van der Waals surface area contributed by atoms with Crippen LogP contribution in [0, 0.1) is 5.92 Å². The fourth-order valence-corrected chi connectivity index (χ4v) is 3.79. The van der Waals surface area contributed by atoms with Crippen molar-refractivity contribution in [3.8, 4) is 5.88 Å². The number of aliphatic carboxylic acids is 2. The van der Waals surface area contributed by atoms with E-state index in [2.05, 4.69) is 20.6 Å². The van der Waals surface area contributed by atoms with E-state index < -0.39 is 23.9 Å². The third-order valence-electron chi connectivity index (χ3n) is 5.55. The number of carboxylic acid groups (broad SMARTS) is 2. The second-order valence-electron chi connectivity index (χ2n) is 8.21. The summed E-state index contributed by atoms with van der Waals surface area (Å²) < 4.78 is 0. The molecule has 13 heteroatoms. The standard InChI is InChI=1S/C22H26N6O7/c23-22-26-18-15(20(33)27-22)7-13(8-24-18)10-28(11-29)9-12-1-3-14(4-2-12)19(32)25-16(21(34)35)5-6-17(30)31/h1-4,11,13,16H,5-10H2,(H,25,32)(H,30,31)(H,34,35)(H4,23,24,26,27,33)/t13-,16+/m0/s1. The molecule has 0 saturated heterocycles. The Balaban J connectivity index is 1.57. The lowest BCUT2D eigenvalue weighted by atomic mass is 9.96. The minimum Gasteiger partial charge on any atom is -0.493 e. The molecule has 2 atom stereocenters. The zero-order chi connectivity index (χ0) is 25.5. The van der Waals surface area contributed by atoms with Gasteiger partial charge in [0.25, 0.3) is 5.91 Å². The summed E-state index contributed by atoms with van der Waals surface area (Å²) in [6, 6.07) is 4.98. The van der Waals surface area contributed by atoms with Crippen LogP contribution in [0.25, 0.3) is 0 Å². The second kappa shape index (κ2) is 11.1. The molecule has 2 aromatic rings. The van der Waals surface area contributed by atoms with Gasteiger partial charge in [-0.2, -0.15) is 9.97 Å². The summed E-state index contributed by atoms with van der Waals surface area (Å²) in [5.74, 6) is -2.86. The van der Waals surface area contributed by atoms with E-state index in [4.69, 9.17) is 10.8 Å². The maximum Gasteiger partial charge on any atom is 0.326 e. The maximum absolute atomic E-state index is 12.4. The lowest BCUT2D eigenvalue weighted by molar-refractivity contribution is -0.140. The number of hydrogen-bond acceptors (Lipinski definition) is 9. The molecule has 35 heavy (non-hydrogen) atoms. The first-order valence-electron chi connectivity index (χ1n) is 10.8. The van der Waals surface area contributed by atoms with Crippen molar-refractivity contribution in [2.75, 3.05) is 24.1 Å². The number of anilines is 2. The van der Waals surface area contributed by atoms with Crippen molar-refractivity contribution >= 4 is 36.0 Å². The number of fused-ring (bicyclic) bond motifs is 1. The molecule has 0 unspecified atom stereocenters. The highest BCUT2D eigenvalue weighted by Crippen LogP contribution is 2.30. The molecule has 1 aromatic carbocycles. The van der Waals surface area contributed by atoms with Crippen LogP contribution in [0.3, 0.4) is 0 Å². The Kier molecular flexibility index (Phi) is 8.02. The topological polar surface area (TPSA) is 208 Å². The number of carboxylic acids is 2. The highest BCUT2D eigenvalue weighted by molar-refractivity contribution is 5.96. The minimum atomic E-state index is -1.32. The van der Waals surface area contributed by atoms with Gasteiger partial charge in [-0.3, -0.25) is 14.4 Å². The zero-order valence-electron chi connectivity index (χ0n) is 18.7. The summed E-state index contributed by atoms with van der Waals surface area (Å²) in [7, 11) is 0. The number of aromatic hydroxyl groups is 1. The summed E-state index contributed by atoms with van der Waals surface area (Å²) in [4.78, 5) is 55.4. The lowest BCUT2D eigenvalue weighted by Gasteiger charge is -2.29. The predicted molar refractivity (Wildman–Crippen MR) is 122 cm³/mol. The van der Waals surface area contributed by atoms with Gasteiger partial charge in [-0.05, 0) is 36.5 Å². The lowest BCUT2D eigenvalue weighted by Crippen LogP contribution is -2.41. The SMILES string of the molecule is Nc1nc(O)c2c(n1)NC[C@@H](CN(C=O)Cc1ccc(C(=O)N[C@H](CCC(=O)O)C(=O)O)cc1)C2.